The maximum Gasteiger partial charge on any atom is 0.0155 e. The van der Waals surface area contributed by atoms with Gasteiger partial charge in [-0.1, -0.05) is 52.3 Å². The first-order chi connectivity index (χ1) is 8.40. The van der Waals surface area contributed by atoms with Gasteiger partial charge in [-0.15, -0.1) is 12.3 Å². The highest BCUT2D eigenvalue weighted by atomic mass is 14.2. The molecule has 18 heavy (non-hydrogen) atoms. The lowest BCUT2D eigenvalue weighted by Crippen LogP contribution is -2.12. The van der Waals surface area contributed by atoms with E-state index in [0.29, 0.717) is 5.92 Å². The highest BCUT2D eigenvalue weighted by molar-refractivity contribution is 5.37. The summed E-state index contributed by atoms with van der Waals surface area (Å²) in [6.07, 6.45) is 8.74. The van der Waals surface area contributed by atoms with Gasteiger partial charge in [-0.2, -0.15) is 0 Å². The van der Waals surface area contributed by atoms with Gasteiger partial charge in [-0.05, 0) is 41.4 Å². The zero-order valence-electron chi connectivity index (χ0n) is 12.5. The minimum Gasteiger partial charge on any atom is -0.120 e. The Hall–Kier alpha value is -1.22. The fourth-order valence-electron chi connectivity index (χ4n) is 2.41. The van der Waals surface area contributed by atoms with Crippen molar-refractivity contribution in [2.24, 2.45) is 0 Å². The molecule has 1 atom stereocenters. The average Bonchev–Trinajstić information content (AvgIpc) is 2.28. The predicted molar refractivity (Wildman–Crippen MR) is 81.0 cm³/mol. The number of hydrogen-bond acceptors (Lipinski definition) is 0. The number of aryl methyl sites for hydroxylation is 1. The van der Waals surface area contributed by atoms with Crippen LogP contribution in [0.2, 0.25) is 0 Å². The SMILES string of the molecule is C#CCC(CCC)c1cc(C(C)(C)C)ccc1C. The second-order valence-electron chi connectivity index (χ2n) is 6.22. The van der Waals surface area contributed by atoms with Gasteiger partial charge in [-0.25, -0.2) is 0 Å². The van der Waals surface area contributed by atoms with Gasteiger partial charge in [0.05, 0.1) is 0 Å². The molecule has 0 aliphatic rings. The van der Waals surface area contributed by atoms with E-state index in [-0.39, 0.29) is 5.41 Å². The van der Waals surface area contributed by atoms with Crippen molar-refractivity contribution in [2.45, 2.75) is 65.2 Å². The summed E-state index contributed by atoms with van der Waals surface area (Å²) < 4.78 is 0. The first-order valence-corrected chi connectivity index (χ1v) is 6.94. The molecule has 0 saturated heterocycles. The molecule has 0 nitrogen and oxygen atoms in total. The van der Waals surface area contributed by atoms with Crippen LogP contribution in [0.25, 0.3) is 0 Å². The topological polar surface area (TPSA) is 0 Å². The maximum atomic E-state index is 5.52. The van der Waals surface area contributed by atoms with Gasteiger partial charge in [0.2, 0.25) is 0 Å². The summed E-state index contributed by atoms with van der Waals surface area (Å²) >= 11 is 0. The average molecular weight is 242 g/mol. The molecule has 0 aromatic heterocycles. The smallest absolute Gasteiger partial charge is 0.0155 e. The van der Waals surface area contributed by atoms with E-state index < -0.39 is 0 Å². The van der Waals surface area contributed by atoms with Crippen LogP contribution in [0.5, 0.6) is 0 Å². The molecule has 1 unspecified atom stereocenters. The van der Waals surface area contributed by atoms with E-state index in [1.165, 1.54) is 29.5 Å². The molecule has 0 heterocycles. The quantitative estimate of drug-likeness (QED) is 0.637. The van der Waals surface area contributed by atoms with E-state index in [2.05, 4.69) is 58.7 Å². The zero-order chi connectivity index (χ0) is 13.8. The van der Waals surface area contributed by atoms with Gasteiger partial charge >= 0.3 is 0 Å². The summed E-state index contributed by atoms with van der Waals surface area (Å²) in [4.78, 5) is 0. The minimum atomic E-state index is 0.204. The molecule has 0 aliphatic carbocycles. The molecule has 0 spiro atoms. The Balaban J connectivity index is 3.17. The van der Waals surface area contributed by atoms with Gasteiger partial charge in [-0.3, -0.25) is 0 Å². The highest BCUT2D eigenvalue weighted by Gasteiger charge is 2.18. The monoisotopic (exact) mass is 242 g/mol. The summed E-state index contributed by atoms with van der Waals surface area (Å²) in [5.74, 6) is 3.35. The van der Waals surface area contributed by atoms with E-state index in [1.807, 2.05) is 0 Å². The largest absolute Gasteiger partial charge is 0.120 e. The van der Waals surface area contributed by atoms with Crippen LogP contribution in [-0.4, -0.2) is 0 Å². The van der Waals surface area contributed by atoms with Crippen molar-refractivity contribution >= 4 is 0 Å². The van der Waals surface area contributed by atoms with Crippen LogP contribution in [0, 0.1) is 19.3 Å². The molecule has 0 saturated carbocycles. The lowest BCUT2D eigenvalue weighted by atomic mass is 9.81. The Bertz CT molecular complexity index is 426. The normalized spacial score (nSPS) is 13.1. The summed E-state index contributed by atoms with van der Waals surface area (Å²) in [5.41, 5.74) is 4.43. The molecule has 0 N–H and O–H groups in total. The molecular weight excluding hydrogens is 216 g/mol. The van der Waals surface area contributed by atoms with E-state index in [4.69, 9.17) is 6.42 Å². The molecule has 0 radical (unpaired) electrons. The van der Waals surface area contributed by atoms with E-state index >= 15 is 0 Å². The third-order valence-electron chi connectivity index (χ3n) is 3.59. The molecule has 0 aliphatic heterocycles. The van der Waals surface area contributed by atoms with Gasteiger partial charge in [0.1, 0.15) is 0 Å². The molecule has 0 heteroatoms. The number of benzene rings is 1. The van der Waals surface area contributed by atoms with Crippen LogP contribution >= 0.6 is 0 Å². The van der Waals surface area contributed by atoms with Crippen molar-refractivity contribution in [1.82, 2.24) is 0 Å². The van der Waals surface area contributed by atoms with Gasteiger partial charge < -0.3 is 0 Å². The molecule has 0 bridgehead atoms. The van der Waals surface area contributed by atoms with Crippen molar-refractivity contribution < 1.29 is 0 Å². The summed E-state index contributed by atoms with van der Waals surface area (Å²) in [6.45, 7) is 11.2. The summed E-state index contributed by atoms with van der Waals surface area (Å²) in [5, 5.41) is 0. The fourth-order valence-corrected chi connectivity index (χ4v) is 2.41. The highest BCUT2D eigenvalue weighted by Crippen LogP contribution is 2.31. The van der Waals surface area contributed by atoms with Crippen LogP contribution in [-0.2, 0) is 5.41 Å². The second kappa shape index (κ2) is 6.10. The van der Waals surface area contributed by atoms with Crippen molar-refractivity contribution in [1.29, 1.82) is 0 Å². The lowest BCUT2D eigenvalue weighted by molar-refractivity contribution is 0.581. The molecule has 1 rings (SSSR count). The van der Waals surface area contributed by atoms with Crippen molar-refractivity contribution in [3.63, 3.8) is 0 Å². The number of hydrogen-bond donors (Lipinski definition) is 0. The van der Waals surface area contributed by atoms with Gasteiger partial charge in [0, 0.05) is 6.42 Å². The Morgan fingerprint density at radius 1 is 1.28 bits per heavy atom. The first kappa shape index (κ1) is 14.8. The zero-order valence-corrected chi connectivity index (χ0v) is 12.5. The number of terminal acetylenes is 1. The van der Waals surface area contributed by atoms with Crippen LogP contribution in [0.3, 0.4) is 0 Å². The van der Waals surface area contributed by atoms with Crippen molar-refractivity contribution in [3.8, 4) is 12.3 Å². The van der Waals surface area contributed by atoms with E-state index in [0.717, 1.165) is 6.42 Å². The fraction of sp³-hybridized carbons (Fsp3) is 0.556. The molecule has 0 fully saturated rings. The maximum absolute atomic E-state index is 5.52. The first-order valence-electron chi connectivity index (χ1n) is 6.94. The molecule has 1 aromatic rings. The van der Waals surface area contributed by atoms with Crippen molar-refractivity contribution in [2.75, 3.05) is 0 Å². The Morgan fingerprint density at radius 2 is 1.94 bits per heavy atom. The molecule has 1 aromatic carbocycles. The second-order valence-corrected chi connectivity index (χ2v) is 6.22. The Kier molecular flexibility index (Phi) is 5.03. The van der Waals surface area contributed by atoms with E-state index in [9.17, 15) is 0 Å². The summed E-state index contributed by atoms with van der Waals surface area (Å²) in [6, 6.07) is 6.86. The standard InChI is InChI=1S/C18H26/c1-7-9-15(10-8-2)17-13-16(18(4,5)6)12-11-14(17)3/h1,11-13,15H,8-10H2,2-6H3. The van der Waals surface area contributed by atoms with E-state index in [1.54, 1.807) is 0 Å². The molecular formula is C18H26. The van der Waals surface area contributed by atoms with Crippen LogP contribution in [0.1, 0.15) is 69.6 Å². The lowest BCUT2D eigenvalue weighted by Gasteiger charge is -2.23. The van der Waals surface area contributed by atoms with Gasteiger partial charge in [0.25, 0.3) is 0 Å². The van der Waals surface area contributed by atoms with Gasteiger partial charge in [0.15, 0.2) is 0 Å². The van der Waals surface area contributed by atoms with Crippen LogP contribution in [0.4, 0.5) is 0 Å². The van der Waals surface area contributed by atoms with Crippen LogP contribution in [0.15, 0.2) is 18.2 Å². The Morgan fingerprint density at radius 3 is 2.44 bits per heavy atom. The third-order valence-corrected chi connectivity index (χ3v) is 3.59. The number of rotatable bonds is 4. The minimum absolute atomic E-state index is 0.204. The van der Waals surface area contributed by atoms with Crippen molar-refractivity contribution in [3.05, 3.63) is 34.9 Å². The predicted octanol–water partition coefficient (Wildman–Crippen LogP) is 5.20. The van der Waals surface area contributed by atoms with Crippen LogP contribution < -0.4 is 0 Å². The molecule has 0 amide bonds. The third kappa shape index (κ3) is 3.64. The molecule has 98 valence electrons. The Labute approximate surface area is 113 Å². The summed E-state index contributed by atoms with van der Waals surface area (Å²) in [7, 11) is 0.